The van der Waals surface area contributed by atoms with Crippen LogP contribution in [0.4, 0.5) is 0 Å². The lowest BCUT2D eigenvalue weighted by atomic mass is 9.99. The van der Waals surface area contributed by atoms with Crippen molar-refractivity contribution in [2.24, 2.45) is 23.3 Å². The summed E-state index contributed by atoms with van der Waals surface area (Å²) in [5, 5.41) is 8.17. The molecule has 0 rings (SSSR count). The van der Waals surface area contributed by atoms with Gasteiger partial charge < -0.3 is 38.9 Å². The minimum atomic E-state index is -0.889. The Morgan fingerprint density at radius 3 is 1.74 bits per heavy atom. The zero-order chi connectivity index (χ0) is 26.3. The fourth-order valence-corrected chi connectivity index (χ4v) is 3.51. The first-order valence-corrected chi connectivity index (χ1v) is 12.5. The van der Waals surface area contributed by atoms with Crippen LogP contribution in [0.2, 0.25) is 0 Å². The number of primary amides is 1. The van der Waals surface area contributed by atoms with Crippen LogP contribution in [0.25, 0.3) is 0 Å². The van der Waals surface area contributed by atoms with E-state index in [0.29, 0.717) is 32.2 Å². The van der Waals surface area contributed by atoms with Crippen molar-refractivity contribution in [1.82, 2.24) is 16.0 Å². The molecule has 4 atom stereocenters. The van der Waals surface area contributed by atoms with E-state index >= 15 is 0 Å². The highest BCUT2D eigenvalue weighted by atomic mass is 16.2. The van der Waals surface area contributed by atoms with Crippen molar-refractivity contribution >= 4 is 23.6 Å². The second-order valence-electron chi connectivity index (χ2n) is 9.69. The second kappa shape index (κ2) is 17.2. The highest BCUT2D eigenvalue weighted by Crippen LogP contribution is 2.09. The zero-order valence-electron chi connectivity index (χ0n) is 21.5. The molecule has 4 amide bonds. The average Bonchev–Trinajstić information content (AvgIpc) is 2.75. The van der Waals surface area contributed by atoms with Crippen LogP contribution in [0.1, 0.15) is 72.6 Å². The van der Waals surface area contributed by atoms with E-state index in [2.05, 4.69) is 27.4 Å². The first kappa shape index (κ1) is 31.8. The highest BCUT2D eigenvalue weighted by Gasteiger charge is 2.31. The van der Waals surface area contributed by atoms with E-state index in [9.17, 15) is 19.2 Å². The van der Waals surface area contributed by atoms with Gasteiger partial charge in [-0.05, 0) is 56.8 Å². The maximum atomic E-state index is 13.1. The summed E-state index contributed by atoms with van der Waals surface area (Å²) >= 11 is 0. The van der Waals surface area contributed by atoms with E-state index in [1.54, 1.807) is 13.8 Å². The normalized spacial score (nSPS) is 14.9. The molecule has 0 aliphatic rings. The van der Waals surface area contributed by atoms with Crippen molar-refractivity contribution in [3.63, 3.8) is 0 Å². The molecular formula is C23H49N7O4+2. The van der Waals surface area contributed by atoms with Gasteiger partial charge in [0.05, 0.1) is 19.1 Å². The third-order valence-electron chi connectivity index (χ3n) is 5.59. The molecule has 0 aromatic rings. The smallest absolute Gasteiger partial charge is 0.243 e. The number of carbonyl (C=O) groups excluding carboxylic acids is 4. The molecule has 0 bridgehead atoms. The Balaban J connectivity index is 5.35. The van der Waals surface area contributed by atoms with Gasteiger partial charge in [-0.1, -0.05) is 27.7 Å². The molecule has 0 saturated heterocycles. The van der Waals surface area contributed by atoms with Crippen LogP contribution in [0, 0.1) is 11.8 Å². The lowest BCUT2D eigenvalue weighted by Crippen LogP contribution is -2.59. The van der Waals surface area contributed by atoms with E-state index in [4.69, 9.17) is 11.5 Å². The van der Waals surface area contributed by atoms with Crippen molar-refractivity contribution in [1.29, 1.82) is 0 Å². The summed E-state index contributed by atoms with van der Waals surface area (Å²) in [6.45, 7) is 8.92. The van der Waals surface area contributed by atoms with E-state index in [1.165, 1.54) is 0 Å². The van der Waals surface area contributed by atoms with Crippen LogP contribution in [0.3, 0.4) is 0 Å². The second-order valence-corrected chi connectivity index (χ2v) is 9.69. The standard InChI is InChI=1S/C23H47N7O4/c1-14(2)13-18(20(27)31)29-23(34)19(15(3)4)30-22(33)17(10-6-8-12-25)28-21(32)16(26)9-5-7-11-24/h14-19H,5-13,24-26H2,1-4H3,(H2,27,31)(H,28,32)(H,29,34)(H,30,33)/p+2/t16-,17-,18-,19-/m0/s1. The number of amides is 4. The number of rotatable bonds is 18. The molecule has 13 N–H and O–H groups in total. The topological polar surface area (TPSA) is 212 Å². The van der Waals surface area contributed by atoms with Gasteiger partial charge in [-0.15, -0.1) is 0 Å². The zero-order valence-corrected chi connectivity index (χ0v) is 21.5. The van der Waals surface area contributed by atoms with Crippen LogP contribution >= 0.6 is 0 Å². The Bertz CT molecular complexity index is 643. The summed E-state index contributed by atoms with van der Waals surface area (Å²) in [5.41, 5.74) is 19.0. The van der Waals surface area contributed by atoms with Gasteiger partial charge >= 0.3 is 0 Å². The molecule has 0 aliphatic carbocycles. The molecular weight excluding hydrogens is 438 g/mol. The number of nitrogens with two attached hydrogens (primary N) is 2. The molecule has 0 fully saturated rings. The maximum absolute atomic E-state index is 13.1. The number of hydrogen-bond donors (Lipinski definition) is 7. The molecule has 11 heteroatoms. The fourth-order valence-electron chi connectivity index (χ4n) is 3.51. The SMILES string of the molecule is CC(C)C[C@H](NC(=O)[C@@H](NC(=O)[C@H](CCCC[NH3+])NC(=O)[C@@H](N)CCCC[NH3+])C(C)C)C(N)=O. The summed E-state index contributed by atoms with van der Waals surface area (Å²) in [6, 6.07) is -3.25. The van der Waals surface area contributed by atoms with Crippen molar-refractivity contribution in [3.05, 3.63) is 0 Å². The number of carbonyl (C=O) groups is 4. The molecule has 0 saturated carbocycles. The quantitative estimate of drug-likeness (QED) is 0.107. The summed E-state index contributed by atoms with van der Waals surface area (Å²) < 4.78 is 0. The van der Waals surface area contributed by atoms with Gasteiger partial charge in [0.15, 0.2) is 0 Å². The molecule has 0 unspecified atom stereocenters. The lowest BCUT2D eigenvalue weighted by Gasteiger charge is -2.27. The third-order valence-corrected chi connectivity index (χ3v) is 5.59. The molecule has 0 radical (unpaired) electrons. The molecule has 0 heterocycles. The minimum Gasteiger partial charge on any atom is -0.368 e. The van der Waals surface area contributed by atoms with Crippen LogP contribution in [-0.2, 0) is 19.2 Å². The van der Waals surface area contributed by atoms with Crippen LogP contribution in [0.5, 0.6) is 0 Å². The summed E-state index contributed by atoms with van der Waals surface area (Å²) in [7, 11) is 0. The molecule has 34 heavy (non-hydrogen) atoms. The van der Waals surface area contributed by atoms with Gasteiger partial charge in [-0.25, -0.2) is 0 Å². The van der Waals surface area contributed by atoms with E-state index in [1.807, 2.05) is 13.8 Å². The summed E-state index contributed by atoms with van der Waals surface area (Å²) in [4.78, 5) is 50.4. The molecule has 0 aromatic heterocycles. The Kier molecular flexibility index (Phi) is 16.1. The Hall–Kier alpha value is -2.24. The van der Waals surface area contributed by atoms with Gasteiger partial charge in [-0.2, -0.15) is 0 Å². The van der Waals surface area contributed by atoms with E-state index in [0.717, 1.165) is 25.8 Å². The molecule has 0 aliphatic heterocycles. The van der Waals surface area contributed by atoms with E-state index in [-0.39, 0.29) is 11.8 Å². The Morgan fingerprint density at radius 1 is 0.735 bits per heavy atom. The molecule has 0 aromatic carbocycles. The van der Waals surface area contributed by atoms with E-state index < -0.39 is 47.8 Å². The predicted molar refractivity (Wildman–Crippen MR) is 130 cm³/mol. The van der Waals surface area contributed by atoms with Gasteiger partial charge in [0, 0.05) is 0 Å². The largest absolute Gasteiger partial charge is 0.368 e. The molecule has 11 nitrogen and oxygen atoms in total. The number of nitrogens with one attached hydrogen (secondary N) is 3. The van der Waals surface area contributed by atoms with Crippen molar-refractivity contribution < 1.29 is 30.6 Å². The maximum Gasteiger partial charge on any atom is 0.243 e. The van der Waals surface area contributed by atoms with Crippen molar-refractivity contribution in [2.75, 3.05) is 13.1 Å². The number of quaternary nitrogens is 2. The van der Waals surface area contributed by atoms with Crippen molar-refractivity contribution in [3.8, 4) is 0 Å². The Labute approximate surface area is 203 Å². The van der Waals surface area contributed by atoms with Gasteiger partial charge in [0.2, 0.25) is 23.6 Å². The van der Waals surface area contributed by atoms with Gasteiger partial charge in [0.25, 0.3) is 0 Å². The third kappa shape index (κ3) is 12.9. The molecule has 0 spiro atoms. The first-order chi connectivity index (χ1) is 15.9. The highest BCUT2D eigenvalue weighted by molar-refractivity contribution is 5.94. The van der Waals surface area contributed by atoms with Crippen molar-refractivity contribution in [2.45, 2.75) is 96.8 Å². The fraction of sp³-hybridized carbons (Fsp3) is 0.826. The average molecular weight is 488 g/mol. The van der Waals surface area contributed by atoms with Crippen LogP contribution in [0.15, 0.2) is 0 Å². The predicted octanol–water partition coefficient (Wildman–Crippen LogP) is -2.22. The van der Waals surface area contributed by atoms with Crippen LogP contribution < -0.4 is 38.9 Å². The lowest BCUT2D eigenvalue weighted by molar-refractivity contribution is -0.369. The Morgan fingerprint density at radius 2 is 1.26 bits per heavy atom. The van der Waals surface area contributed by atoms with Gasteiger partial charge in [-0.3, -0.25) is 19.2 Å². The summed E-state index contributed by atoms with van der Waals surface area (Å²) in [6.07, 6.45) is 4.47. The summed E-state index contributed by atoms with van der Waals surface area (Å²) in [5.74, 6) is -2.07. The minimum absolute atomic E-state index is 0.148. The number of hydrogen-bond acceptors (Lipinski definition) is 5. The number of unbranched alkanes of at least 4 members (excludes halogenated alkanes) is 2. The van der Waals surface area contributed by atoms with Crippen LogP contribution in [-0.4, -0.2) is 60.9 Å². The monoisotopic (exact) mass is 487 g/mol. The van der Waals surface area contributed by atoms with Gasteiger partial charge in [0.1, 0.15) is 18.1 Å². The molecule has 198 valence electrons. The first-order valence-electron chi connectivity index (χ1n) is 12.5.